The predicted molar refractivity (Wildman–Crippen MR) is 101 cm³/mol. The molecular weight excluding hydrogens is 357 g/mol. The van der Waals surface area contributed by atoms with Crippen molar-refractivity contribution in [3.8, 4) is 0 Å². The summed E-state index contributed by atoms with van der Waals surface area (Å²) in [5.41, 5.74) is 1.45. The summed E-state index contributed by atoms with van der Waals surface area (Å²) in [5, 5.41) is 6.15. The van der Waals surface area contributed by atoms with Gasteiger partial charge in [-0.15, -0.1) is 0 Å². The zero-order valence-corrected chi connectivity index (χ0v) is 15.4. The molecule has 138 valence electrons. The molecule has 7 heteroatoms. The predicted octanol–water partition coefficient (Wildman–Crippen LogP) is 3.23. The average molecular weight is 378 g/mol. The van der Waals surface area contributed by atoms with Gasteiger partial charge in [0.2, 0.25) is 11.8 Å². The van der Waals surface area contributed by atoms with E-state index in [9.17, 15) is 14.0 Å². The van der Waals surface area contributed by atoms with Crippen LogP contribution < -0.4 is 10.6 Å². The first-order valence-corrected chi connectivity index (χ1v) is 8.50. The maximum absolute atomic E-state index is 12.9. The van der Waals surface area contributed by atoms with E-state index in [1.165, 1.54) is 12.1 Å². The highest BCUT2D eigenvalue weighted by molar-refractivity contribution is 6.30. The van der Waals surface area contributed by atoms with Gasteiger partial charge in [-0.2, -0.15) is 0 Å². The highest BCUT2D eigenvalue weighted by atomic mass is 35.5. The second-order valence-corrected chi connectivity index (χ2v) is 6.50. The standard InChI is InChI=1S/C19H21ClFN3O2/c1-13(14-3-7-16(21)8-4-14)22-18(25)11-24(2)12-19(26)23-17-9-5-15(20)6-10-17/h3-10,13H,11-12H2,1-2H3,(H,22,25)(H,23,26)/t13-/m0/s1. The summed E-state index contributed by atoms with van der Waals surface area (Å²) in [4.78, 5) is 25.7. The topological polar surface area (TPSA) is 61.4 Å². The van der Waals surface area contributed by atoms with Gasteiger partial charge in [0.15, 0.2) is 0 Å². The van der Waals surface area contributed by atoms with E-state index >= 15 is 0 Å². The third kappa shape index (κ3) is 6.46. The van der Waals surface area contributed by atoms with Gasteiger partial charge in [0, 0.05) is 10.7 Å². The third-order valence-corrected chi connectivity index (χ3v) is 3.95. The third-order valence-electron chi connectivity index (χ3n) is 3.70. The lowest BCUT2D eigenvalue weighted by molar-refractivity contribution is -0.123. The number of benzene rings is 2. The van der Waals surface area contributed by atoms with Gasteiger partial charge < -0.3 is 10.6 Å². The van der Waals surface area contributed by atoms with Crippen LogP contribution in [0.4, 0.5) is 10.1 Å². The Balaban J connectivity index is 1.78. The maximum atomic E-state index is 12.9. The lowest BCUT2D eigenvalue weighted by Crippen LogP contribution is -2.39. The SMILES string of the molecule is C[C@H](NC(=O)CN(C)CC(=O)Nc1ccc(Cl)cc1)c1ccc(F)cc1. The van der Waals surface area contributed by atoms with Crippen molar-refractivity contribution in [1.82, 2.24) is 10.2 Å². The number of nitrogens with zero attached hydrogens (tertiary/aromatic N) is 1. The second-order valence-electron chi connectivity index (χ2n) is 6.07. The van der Waals surface area contributed by atoms with Crippen molar-refractivity contribution in [2.24, 2.45) is 0 Å². The Labute approximate surface area is 157 Å². The highest BCUT2D eigenvalue weighted by Crippen LogP contribution is 2.14. The van der Waals surface area contributed by atoms with Gasteiger partial charge in [-0.1, -0.05) is 23.7 Å². The van der Waals surface area contributed by atoms with Gasteiger partial charge in [0.05, 0.1) is 19.1 Å². The summed E-state index contributed by atoms with van der Waals surface area (Å²) in [5.74, 6) is -0.767. The van der Waals surface area contributed by atoms with Crippen LogP contribution in [0, 0.1) is 5.82 Å². The smallest absolute Gasteiger partial charge is 0.238 e. The molecule has 0 aromatic heterocycles. The Hall–Kier alpha value is -2.44. The van der Waals surface area contributed by atoms with Gasteiger partial charge in [-0.3, -0.25) is 14.5 Å². The summed E-state index contributed by atoms with van der Waals surface area (Å²) in [7, 11) is 1.68. The van der Waals surface area contributed by atoms with Crippen molar-refractivity contribution in [2.75, 3.05) is 25.5 Å². The number of anilines is 1. The van der Waals surface area contributed by atoms with Crippen molar-refractivity contribution in [1.29, 1.82) is 0 Å². The molecule has 0 fully saturated rings. The molecule has 0 saturated heterocycles. The van der Waals surface area contributed by atoms with E-state index in [-0.39, 0.29) is 36.8 Å². The van der Waals surface area contributed by atoms with Crippen LogP contribution in [0.5, 0.6) is 0 Å². The molecule has 0 unspecified atom stereocenters. The van der Waals surface area contributed by atoms with Crippen molar-refractivity contribution in [3.63, 3.8) is 0 Å². The minimum Gasteiger partial charge on any atom is -0.348 e. The van der Waals surface area contributed by atoms with Gasteiger partial charge >= 0.3 is 0 Å². The molecule has 0 heterocycles. The first-order valence-electron chi connectivity index (χ1n) is 8.12. The van der Waals surface area contributed by atoms with Crippen LogP contribution in [0.15, 0.2) is 48.5 Å². The van der Waals surface area contributed by atoms with E-state index in [0.29, 0.717) is 10.7 Å². The highest BCUT2D eigenvalue weighted by Gasteiger charge is 2.14. The molecule has 2 aromatic carbocycles. The van der Waals surface area contributed by atoms with Gasteiger partial charge in [-0.25, -0.2) is 4.39 Å². The van der Waals surface area contributed by atoms with Crippen LogP contribution in [0.25, 0.3) is 0 Å². The molecule has 2 aromatic rings. The zero-order chi connectivity index (χ0) is 19.1. The summed E-state index contributed by atoms with van der Waals surface area (Å²) in [6.45, 7) is 1.96. The fraction of sp³-hybridized carbons (Fsp3) is 0.263. The van der Waals surface area contributed by atoms with Crippen molar-refractivity contribution in [2.45, 2.75) is 13.0 Å². The quantitative estimate of drug-likeness (QED) is 0.778. The first-order chi connectivity index (χ1) is 12.3. The van der Waals surface area contributed by atoms with Crippen molar-refractivity contribution in [3.05, 3.63) is 64.9 Å². The first kappa shape index (κ1) is 19.9. The molecule has 0 aliphatic carbocycles. The molecule has 0 aliphatic rings. The van der Waals surface area contributed by atoms with Crippen LogP contribution in [-0.2, 0) is 9.59 Å². The van der Waals surface area contributed by atoms with Gasteiger partial charge in [0.1, 0.15) is 5.82 Å². The lowest BCUT2D eigenvalue weighted by atomic mass is 10.1. The molecule has 0 bridgehead atoms. The lowest BCUT2D eigenvalue weighted by Gasteiger charge is -2.19. The number of hydrogen-bond donors (Lipinski definition) is 2. The molecule has 0 aliphatic heterocycles. The summed E-state index contributed by atoms with van der Waals surface area (Å²) in [6, 6.07) is 12.5. The molecule has 2 rings (SSSR count). The molecule has 0 radical (unpaired) electrons. The molecule has 5 nitrogen and oxygen atoms in total. The summed E-state index contributed by atoms with van der Waals surface area (Å²) < 4.78 is 12.9. The molecule has 2 N–H and O–H groups in total. The number of carbonyl (C=O) groups is 2. The fourth-order valence-corrected chi connectivity index (χ4v) is 2.53. The Bertz CT molecular complexity index is 750. The Morgan fingerprint density at radius 1 is 1.04 bits per heavy atom. The molecule has 1 atom stereocenters. The van der Waals surface area contributed by atoms with Crippen LogP contribution in [-0.4, -0.2) is 36.9 Å². The van der Waals surface area contributed by atoms with E-state index < -0.39 is 0 Å². The molecule has 2 amide bonds. The number of halogens is 2. The number of carbonyl (C=O) groups excluding carboxylic acids is 2. The van der Waals surface area contributed by atoms with Crippen LogP contribution in [0.2, 0.25) is 5.02 Å². The summed E-state index contributed by atoms with van der Waals surface area (Å²) in [6.07, 6.45) is 0. The van der Waals surface area contributed by atoms with E-state index in [1.807, 2.05) is 6.92 Å². The number of rotatable bonds is 7. The van der Waals surface area contributed by atoms with E-state index in [2.05, 4.69) is 10.6 Å². The molecule has 0 saturated carbocycles. The minimum atomic E-state index is -0.321. The Morgan fingerprint density at radius 2 is 1.62 bits per heavy atom. The maximum Gasteiger partial charge on any atom is 0.238 e. The van der Waals surface area contributed by atoms with Crippen LogP contribution >= 0.6 is 11.6 Å². The average Bonchev–Trinajstić information content (AvgIpc) is 2.57. The largest absolute Gasteiger partial charge is 0.348 e. The van der Waals surface area contributed by atoms with Gasteiger partial charge in [0.25, 0.3) is 0 Å². The normalized spacial score (nSPS) is 11.9. The van der Waals surface area contributed by atoms with E-state index in [1.54, 1.807) is 48.3 Å². The van der Waals surface area contributed by atoms with Crippen LogP contribution in [0.3, 0.4) is 0 Å². The minimum absolute atomic E-state index is 0.0690. The molecule has 0 spiro atoms. The van der Waals surface area contributed by atoms with E-state index in [0.717, 1.165) is 5.56 Å². The van der Waals surface area contributed by atoms with Crippen LogP contribution in [0.1, 0.15) is 18.5 Å². The van der Waals surface area contributed by atoms with Gasteiger partial charge in [-0.05, 0) is 55.9 Å². The number of nitrogens with one attached hydrogen (secondary N) is 2. The van der Waals surface area contributed by atoms with Crippen molar-refractivity contribution < 1.29 is 14.0 Å². The van der Waals surface area contributed by atoms with E-state index in [4.69, 9.17) is 11.6 Å². The second kappa shape index (κ2) is 9.31. The number of hydrogen-bond acceptors (Lipinski definition) is 3. The number of likely N-dealkylation sites (N-methyl/N-ethyl adjacent to an activating group) is 1. The molecule has 26 heavy (non-hydrogen) atoms. The fourth-order valence-electron chi connectivity index (χ4n) is 2.40. The Kier molecular flexibility index (Phi) is 7.12. The zero-order valence-electron chi connectivity index (χ0n) is 14.6. The molecular formula is C19H21ClFN3O2. The van der Waals surface area contributed by atoms with Crippen molar-refractivity contribution >= 4 is 29.1 Å². The number of amides is 2. The summed E-state index contributed by atoms with van der Waals surface area (Å²) >= 11 is 5.80. The monoisotopic (exact) mass is 377 g/mol. The Morgan fingerprint density at radius 3 is 2.23 bits per heavy atom.